The summed E-state index contributed by atoms with van der Waals surface area (Å²) in [5, 5.41) is 12.7. The molecule has 0 aliphatic heterocycles. The van der Waals surface area contributed by atoms with Crippen LogP contribution in [0.3, 0.4) is 0 Å². The fourth-order valence-electron chi connectivity index (χ4n) is 1.74. The van der Waals surface area contributed by atoms with Crippen LogP contribution >= 0.6 is 11.6 Å². The van der Waals surface area contributed by atoms with E-state index in [0.717, 1.165) is 11.1 Å². The largest absolute Gasteiger partial charge is 0.478 e. The maximum Gasteiger partial charge on any atom is 0.337 e. The molecular formula is C14H13ClN2O2. The van der Waals surface area contributed by atoms with Crippen molar-refractivity contribution in [3.05, 3.63) is 58.4 Å². The quantitative estimate of drug-likeness (QED) is 0.899. The number of pyridine rings is 1. The summed E-state index contributed by atoms with van der Waals surface area (Å²) < 4.78 is 0. The van der Waals surface area contributed by atoms with E-state index in [1.165, 1.54) is 6.07 Å². The fourth-order valence-corrected chi connectivity index (χ4v) is 1.91. The van der Waals surface area contributed by atoms with Gasteiger partial charge in [-0.3, -0.25) is 4.98 Å². The van der Waals surface area contributed by atoms with Gasteiger partial charge in [0.1, 0.15) is 0 Å². The molecule has 2 N–H and O–H groups in total. The molecule has 4 nitrogen and oxygen atoms in total. The molecule has 5 heteroatoms. The highest BCUT2D eigenvalue weighted by molar-refractivity contribution is 6.31. The molecule has 0 saturated heterocycles. The van der Waals surface area contributed by atoms with Crippen molar-refractivity contribution in [1.29, 1.82) is 0 Å². The molecule has 1 aromatic heterocycles. The number of hydrogen-bond acceptors (Lipinski definition) is 3. The minimum atomic E-state index is -0.981. The van der Waals surface area contributed by atoms with E-state index in [0.29, 0.717) is 17.3 Å². The van der Waals surface area contributed by atoms with Crippen molar-refractivity contribution in [3.8, 4) is 0 Å². The first-order valence-corrected chi connectivity index (χ1v) is 6.12. The van der Waals surface area contributed by atoms with Gasteiger partial charge in [0.15, 0.2) is 0 Å². The summed E-state index contributed by atoms with van der Waals surface area (Å²) in [4.78, 5) is 15.1. The molecule has 0 unspecified atom stereocenters. The molecule has 0 aliphatic rings. The molecule has 1 heterocycles. The summed E-state index contributed by atoms with van der Waals surface area (Å²) in [6, 6.07) is 6.56. The smallest absolute Gasteiger partial charge is 0.337 e. The highest BCUT2D eigenvalue weighted by Crippen LogP contribution is 2.22. The topological polar surface area (TPSA) is 62.2 Å². The maximum absolute atomic E-state index is 11.1. The Hall–Kier alpha value is -2.07. The van der Waals surface area contributed by atoms with Crippen molar-refractivity contribution >= 4 is 23.3 Å². The van der Waals surface area contributed by atoms with E-state index in [4.69, 9.17) is 16.7 Å². The van der Waals surface area contributed by atoms with E-state index in [2.05, 4.69) is 10.3 Å². The molecule has 2 rings (SSSR count). The van der Waals surface area contributed by atoms with E-state index in [9.17, 15) is 4.79 Å². The van der Waals surface area contributed by atoms with Crippen LogP contribution in [0.25, 0.3) is 0 Å². The van der Waals surface area contributed by atoms with E-state index in [-0.39, 0.29) is 5.56 Å². The summed E-state index contributed by atoms with van der Waals surface area (Å²) in [5.41, 5.74) is 2.83. The molecule has 0 spiro atoms. The van der Waals surface area contributed by atoms with Crippen LogP contribution in [-0.4, -0.2) is 16.1 Å². The third-order valence-electron chi connectivity index (χ3n) is 2.82. The predicted molar refractivity (Wildman–Crippen MR) is 74.7 cm³/mol. The number of aromatic nitrogens is 1. The van der Waals surface area contributed by atoms with Crippen LogP contribution in [0.15, 0.2) is 36.7 Å². The molecule has 0 aliphatic carbocycles. The average Bonchev–Trinajstić information content (AvgIpc) is 2.37. The molecule has 19 heavy (non-hydrogen) atoms. The monoisotopic (exact) mass is 276 g/mol. The number of aromatic carboxylic acids is 1. The Bertz CT molecular complexity index is 614. The number of carboxylic acid groups (broad SMARTS) is 1. The number of anilines is 1. The first-order valence-electron chi connectivity index (χ1n) is 5.74. The molecule has 0 radical (unpaired) electrons. The van der Waals surface area contributed by atoms with Crippen LogP contribution in [0.1, 0.15) is 21.5 Å². The zero-order chi connectivity index (χ0) is 13.8. The van der Waals surface area contributed by atoms with Crippen molar-refractivity contribution < 1.29 is 9.90 Å². The molecule has 0 fully saturated rings. The molecule has 0 saturated carbocycles. The Balaban J connectivity index is 2.22. The van der Waals surface area contributed by atoms with E-state index in [1.807, 2.05) is 13.0 Å². The SMILES string of the molecule is Cc1cnccc1CNc1cc(Cl)ccc1C(=O)O. The van der Waals surface area contributed by atoms with Crippen molar-refractivity contribution in [1.82, 2.24) is 4.98 Å². The van der Waals surface area contributed by atoms with Crippen LogP contribution < -0.4 is 5.32 Å². The molecule has 98 valence electrons. The van der Waals surface area contributed by atoms with Gasteiger partial charge in [0.05, 0.1) is 11.3 Å². The predicted octanol–water partition coefficient (Wildman–Crippen LogP) is 3.35. The minimum absolute atomic E-state index is 0.205. The number of hydrogen-bond donors (Lipinski definition) is 2. The van der Waals surface area contributed by atoms with E-state index >= 15 is 0 Å². The zero-order valence-corrected chi connectivity index (χ0v) is 11.1. The standard InChI is InChI=1S/C14H13ClN2O2/c1-9-7-16-5-4-10(9)8-17-13-6-11(15)2-3-12(13)14(18)19/h2-7,17H,8H2,1H3,(H,18,19). The summed E-state index contributed by atoms with van der Waals surface area (Å²) in [6.07, 6.45) is 3.48. The van der Waals surface area contributed by atoms with Gasteiger partial charge in [-0.15, -0.1) is 0 Å². The van der Waals surface area contributed by atoms with Gasteiger partial charge in [0.2, 0.25) is 0 Å². The van der Waals surface area contributed by atoms with Crippen LogP contribution in [0.4, 0.5) is 5.69 Å². The van der Waals surface area contributed by atoms with Crippen LogP contribution in [-0.2, 0) is 6.54 Å². The molecule has 1 aromatic carbocycles. The number of halogens is 1. The molecule has 0 bridgehead atoms. The second kappa shape index (κ2) is 5.71. The zero-order valence-electron chi connectivity index (χ0n) is 10.4. The normalized spacial score (nSPS) is 10.2. The molecular weight excluding hydrogens is 264 g/mol. The number of aryl methyl sites for hydroxylation is 1. The van der Waals surface area contributed by atoms with Crippen LogP contribution in [0.2, 0.25) is 5.02 Å². The minimum Gasteiger partial charge on any atom is -0.478 e. The van der Waals surface area contributed by atoms with Gasteiger partial charge in [-0.25, -0.2) is 4.79 Å². The van der Waals surface area contributed by atoms with Gasteiger partial charge in [-0.2, -0.15) is 0 Å². The van der Waals surface area contributed by atoms with Crippen LogP contribution in [0.5, 0.6) is 0 Å². The van der Waals surface area contributed by atoms with Gasteiger partial charge in [-0.1, -0.05) is 11.6 Å². The lowest BCUT2D eigenvalue weighted by Crippen LogP contribution is -2.07. The van der Waals surface area contributed by atoms with Gasteiger partial charge < -0.3 is 10.4 Å². The number of rotatable bonds is 4. The van der Waals surface area contributed by atoms with Gasteiger partial charge in [-0.05, 0) is 42.3 Å². The lowest BCUT2D eigenvalue weighted by molar-refractivity contribution is 0.0698. The summed E-state index contributed by atoms with van der Waals surface area (Å²) >= 11 is 5.89. The fraction of sp³-hybridized carbons (Fsp3) is 0.143. The highest BCUT2D eigenvalue weighted by atomic mass is 35.5. The summed E-state index contributed by atoms with van der Waals surface area (Å²) in [5.74, 6) is -0.981. The summed E-state index contributed by atoms with van der Waals surface area (Å²) in [7, 11) is 0. The van der Waals surface area contributed by atoms with Crippen molar-refractivity contribution in [2.75, 3.05) is 5.32 Å². The Morgan fingerprint density at radius 1 is 1.42 bits per heavy atom. The Morgan fingerprint density at radius 3 is 2.89 bits per heavy atom. The third-order valence-corrected chi connectivity index (χ3v) is 3.05. The molecule has 2 aromatic rings. The second-order valence-electron chi connectivity index (χ2n) is 4.15. The molecule has 0 atom stereocenters. The number of benzene rings is 1. The first-order chi connectivity index (χ1) is 9.08. The average molecular weight is 277 g/mol. The van der Waals surface area contributed by atoms with Crippen LogP contribution in [0, 0.1) is 6.92 Å². The lowest BCUT2D eigenvalue weighted by Gasteiger charge is -2.11. The summed E-state index contributed by atoms with van der Waals surface area (Å²) in [6.45, 7) is 2.48. The number of carbonyl (C=O) groups is 1. The Kier molecular flexibility index (Phi) is 4.02. The first kappa shape index (κ1) is 13.4. The van der Waals surface area contributed by atoms with Gasteiger partial charge in [0.25, 0.3) is 0 Å². The highest BCUT2D eigenvalue weighted by Gasteiger charge is 2.10. The van der Waals surface area contributed by atoms with Crippen molar-refractivity contribution in [2.45, 2.75) is 13.5 Å². The number of nitrogens with one attached hydrogen (secondary N) is 1. The maximum atomic E-state index is 11.1. The van der Waals surface area contributed by atoms with Gasteiger partial charge >= 0.3 is 5.97 Å². The Morgan fingerprint density at radius 2 is 2.21 bits per heavy atom. The van der Waals surface area contributed by atoms with Crippen molar-refractivity contribution in [2.24, 2.45) is 0 Å². The number of nitrogens with zero attached hydrogens (tertiary/aromatic N) is 1. The molecule has 0 amide bonds. The van der Waals surface area contributed by atoms with E-state index < -0.39 is 5.97 Å². The van der Waals surface area contributed by atoms with Crippen molar-refractivity contribution in [3.63, 3.8) is 0 Å². The lowest BCUT2D eigenvalue weighted by atomic mass is 10.1. The third kappa shape index (κ3) is 3.23. The Labute approximate surface area is 116 Å². The second-order valence-corrected chi connectivity index (χ2v) is 4.59. The van der Waals surface area contributed by atoms with Gasteiger partial charge in [0, 0.05) is 24.0 Å². The van der Waals surface area contributed by atoms with E-state index in [1.54, 1.807) is 24.5 Å². The number of carboxylic acids is 1.